The number of alkyl halides is 2. The minimum atomic E-state index is -2.78. The van der Waals surface area contributed by atoms with E-state index < -0.39 is 18.5 Å². The van der Waals surface area contributed by atoms with Gasteiger partial charge in [-0.1, -0.05) is 0 Å². The second kappa shape index (κ2) is 3.99. The average molecular weight is 232 g/mol. The maximum Gasteiger partial charge on any atom is 0.265 e. The Morgan fingerprint density at radius 3 is 2.81 bits per heavy atom. The lowest BCUT2D eigenvalue weighted by Gasteiger charge is -2.33. The van der Waals surface area contributed by atoms with Crippen molar-refractivity contribution in [3.05, 3.63) is 0 Å². The van der Waals surface area contributed by atoms with E-state index in [4.69, 9.17) is 0 Å². The van der Waals surface area contributed by atoms with E-state index in [0.717, 1.165) is 0 Å². The summed E-state index contributed by atoms with van der Waals surface area (Å²) in [6.07, 6.45) is 0.883. The van der Waals surface area contributed by atoms with Crippen molar-refractivity contribution in [2.24, 2.45) is 0 Å². The number of halogens is 2. The summed E-state index contributed by atoms with van der Waals surface area (Å²) in [6, 6.07) is -0.596. The van der Waals surface area contributed by atoms with Crippen LogP contribution in [0.25, 0.3) is 0 Å². The first-order valence-electron chi connectivity index (χ1n) is 5.44. The molecule has 0 saturated carbocycles. The van der Waals surface area contributed by atoms with Crippen LogP contribution in [0.5, 0.6) is 0 Å². The van der Waals surface area contributed by atoms with E-state index in [-0.39, 0.29) is 18.2 Å². The number of carbonyl (C=O) groups excluding carboxylic acids is 2. The molecule has 2 rings (SSSR count). The lowest BCUT2D eigenvalue weighted by molar-refractivity contribution is -0.144. The lowest BCUT2D eigenvalue weighted by atomic mass is 10.1. The number of rotatable bonds is 1. The Hall–Kier alpha value is -1.20. The van der Waals surface area contributed by atoms with Gasteiger partial charge in [0.1, 0.15) is 6.04 Å². The van der Waals surface area contributed by atoms with Gasteiger partial charge in [-0.25, -0.2) is 8.78 Å². The Bertz CT molecular complexity index is 320. The highest BCUT2D eigenvalue weighted by molar-refractivity contribution is 5.90. The van der Waals surface area contributed by atoms with Gasteiger partial charge in [0.25, 0.3) is 5.92 Å². The fourth-order valence-corrected chi connectivity index (χ4v) is 2.17. The fourth-order valence-electron chi connectivity index (χ4n) is 2.17. The molecule has 6 heteroatoms. The third kappa shape index (κ3) is 2.31. The smallest absolute Gasteiger partial charge is 0.265 e. The summed E-state index contributed by atoms with van der Waals surface area (Å²) < 4.78 is 26.2. The van der Waals surface area contributed by atoms with Crippen molar-refractivity contribution in [3.63, 3.8) is 0 Å². The summed E-state index contributed by atoms with van der Waals surface area (Å²) in [5.74, 6) is -3.33. The number of hydrogen-bond acceptors (Lipinski definition) is 2. The molecule has 0 aromatic heterocycles. The first-order chi connectivity index (χ1) is 7.48. The summed E-state index contributed by atoms with van der Waals surface area (Å²) >= 11 is 0. The van der Waals surface area contributed by atoms with Crippen molar-refractivity contribution in [1.82, 2.24) is 10.2 Å². The minimum absolute atomic E-state index is 0.159. The van der Waals surface area contributed by atoms with Crippen molar-refractivity contribution in [2.45, 2.75) is 37.6 Å². The largest absolute Gasteiger partial charge is 0.344 e. The summed E-state index contributed by atoms with van der Waals surface area (Å²) in [6.45, 7) is -0.154. The molecule has 2 heterocycles. The summed E-state index contributed by atoms with van der Waals surface area (Å²) in [5, 5.41) is 2.50. The molecule has 1 atom stereocenters. The van der Waals surface area contributed by atoms with E-state index >= 15 is 0 Å². The molecular weight excluding hydrogens is 218 g/mol. The first kappa shape index (κ1) is 11.3. The molecule has 0 radical (unpaired) electrons. The van der Waals surface area contributed by atoms with E-state index in [1.54, 1.807) is 0 Å². The van der Waals surface area contributed by atoms with Crippen molar-refractivity contribution in [2.75, 3.05) is 13.1 Å². The van der Waals surface area contributed by atoms with Crippen LogP contribution in [-0.2, 0) is 9.59 Å². The van der Waals surface area contributed by atoms with E-state index in [0.29, 0.717) is 25.8 Å². The van der Waals surface area contributed by atoms with Crippen LogP contribution < -0.4 is 5.32 Å². The molecule has 2 aliphatic rings. The van der Waals surface area contributed by atoms with Gasteiger partial charge < -0.3 is 10.2 Å². The van der Waals surface area contributed by atoms with Gasteiger partial charge in [-0.3, -0.25) is 9.59 Å². The number of piperidine rings is 1. The Morgan fingerprint density at radius 2 is 2.25 bits per heavy atom. The summed E-state index contributed by atoms with van der Waals surface area (Å²) in [4.78, 5) is 23.9. The Kier molecular flexibility index (Phi) is 2.82. The van der Waals surface area contributed by atoms with Gasteiger partial charge in [-0.2, -0.15) is 0 Å². The molecule has 2 amide bonds. The first-order valence-corrected chi connectivity index (χ1v) is 5.44. The Morgan fingerprint density at radius 1 is 1.50 bits per heavy atom. The van der Waals surface area contributed by atoms with Crippen LogP contribution in [-0.4, -0.2) is 41.8 Å². The van der Waals surface area contributed by atoms with Crippen molar-refractivity contribution < 1.29 is 18.4 Å². The molecule has 0 aromatic rings. The predicted octanol–water partition coefficient (Wildman–Crippen LogP) is 0.523. The van der Waals surface area contributed by atoms with Crippen LogP contribution >= 0.6 is 0 Å². The van der Waals surface area contributed by atoms with Gasteiger partial charge in [0.05, 0.1) is 6.54 Å². The van der Waals surface area contributed by atoms with Crippen LogP contribution in [0, 0.1) is 0 Å². The number of nitrogens with zero attached hydrogens (tertiary/aromatic N) is 1. The number of hydrogen-bond donors (Lipinski definition) is 1. The number of carbonyl (C=O) groups is 2. The van der Waals surface area contributed by atoms with Crippen LogP contribution in [0.15, 0.2) is 0 Å². The Labute approximate surface area is 92.0 Å². The lowest BCUT2D eigenvalue weighted by Crippen LogP contribution is -2.51. The van der Waals surface area contributed by atoms with Gasteiger partial charge in [-0.05, 0) is 12.8 Å². The highest BCUT2D eigenvalue weighted by Crippen LogP contribution is 2.27. The minimum Gasteiger partial charge on any atom is -0.344 e. The van der Waals surface area contributed by atoms with Gasteiger partial charge in [0.2, 0.25) is 11.8 Å². The molecule has 4 nitrogen and oxygen atoms in total. The van der Waals surface area contributed by atoms with Gasteiger partial charge >= 0.3 is 0 Å². The maximum atomic E-state index is 13.1. The fraction of sp³-hybridized carbons (Fsp3) is 0.800. The molecule has 16 heavy (non-hydrogen) atoms. The van der Waals surface area contributed by atoms with E-state index in [2.05, 4.69) is 5.32 Å². The van der Waals surface area contributed by atoms with Crippen molar-refractivity contribution in [1.29, 1.82) is 0 Å². The zero-order chi connectivity index (χ0) is 11.8. The molecule has 90 valence electrons. The zero-order valence-electron chi connectivity index (χ0n) is 8.84. The molecule has 0 aromatic carbocycles. The summed E-state index contributed by atoms with van der Waals surface area (Å²) in [5.41, 5.74) is 0. The SMILES string of the molecule is O=C1CC[C@@H](C(=O)N2CCCC(F)(F)C2)N1. The highest BCUT2D eigenvalue weighted by Gasteiger charge is 2.40. The third-order valence-corrected chi connectivity index (χ3v) is 3.00. The molecular formula is C10H14F2N2O2. The molecule has 0 aliphatic carbocycles. The molecule has 2 aliphatic heterocycles. The molecule has 2 fully saturated rings. The van der Waals surface area contributed by atoms with Gasteiger partial charge in [0.15, 0.2) is 0 Å². The molecule has 0 unspecified atom stereocenters. The third-order valence-electron chi connectivity index (χ3n) is 3.00. The Balaban J connectivity index is 1.96. The zero-order valence-corrected chi connectivity index (χ0v) is 8.84. The van der Waals surface area contributed by atoms with Crippen LogP contribution in [0.3, 0.4) is 0 Å². The maximum absolute atomic E-state index is 13.1. The van der Waals surface area contributed by atoms with E-state index in [1.807, 2.05) is 0 Å². The van der Waals surface area contributed by atoms with Crippen molar-refractivity contribution >= 4 is 11.8 Å². The number of likely N-dealkylation sites (tertiary alicyclic amines) is 1. The van der Waals surface area contributed by atoms with Crippen LogP contribution in [0.4, 0.5) is 8.78 Å². The van der Waals surface area contributed by atoms with Crippen molar-refractivity contribution in [3.8, 4) is 0 Å². The number of nitrogens with one attached hydrogen (secondary N) is 1. The topological polar surface area (TPSA) is 49.4 Å². The predicted molar refractivity (Wildman–Crippen MR) is 51.9 cm³/mol. The molecule has 0 bridgehead atoms. The van der Waals surface area contributed by atoms with Gasteiger partial charge in [0, 0.05) is 19.4 Å². The van der Waals surface area contributed by atoms with Gasteiger partial charge in [-0.15, -0.1) is 0 Å². The van der Waals surface area contributed by atoms with E-state index in [9.17, 15) is 18.4 Å². The molecule has 1 N–H and O–H groups in total. The average Bonchev–Trinajstić information content (AvgIpc) is 2.62. The quantitative estimate of drug-likeness (QED) is 0.716. The number of amides is 2. The normalized spacial score (nSPS) is 29.0. The van der Waals surface area contributed by atoms with Crippen LogP contribution in [0.2, 0.25) is 0 Å². The van der Waals surface area contributed by atoms with Crippen LogP contribution in [0.1, 0.15) is 25.7 Å². The highest BCUT2D eigenvalue weighted by atomic mass is 19.3. The summed E-state index contributed by atoms with van der Waals surface area (Å²) in [7, 11) is 0. The monoisotopic (exact) mass is 232 g/mol. The molecule has 2 saturated heterocycles. The second-order valence-electron chi connectivity index (χ2n) is 4.38. The van der Waals surface area contributed by atoms with E-state index in [1.165, 1.54) is 4.90 Å². The second-order valence-corrected chi connectivity index (χ2v) is 4.38. The molecule has 0 spiro atoms. The standard InChI is InChI=1S/C10H14F2N2O2/c11-10(12)4-1-5-14(6-10)9(16)7-2-3-8(15)13-7/h7H,1-6H2,(H,13,15)/t7-/m0/s1.